The summed E-state index contributed by atoms with van der Waals surface area (Å²) in [7, 11) is 3.24. The Bertz CT molecular complexity index is 1480. The number of benzene rings is 1. The summed E-state index contributed by atoms with van der Waals surface area (Å²) in [5.41, 5.74) is 3.81. The summed E-state index contributed by atoms with van der Waals surface area (Å²) < 4.78 is 16.9. The summed E-state index contributed by atoms with van der Waals surface area (Å²) >= 11 is 6.20. The Labute approximate surface area is 245 Å². The second-order valence-electron chi connectivity index (χ2n) is 11.9. The largest absolute Gasteiger partial charge is 0.497 e. The van der Waals surface area contributed by atoms with Crippen molar-refractivity contribution >= 4 is 23.6 Å². The van der Waals surface area contributed by atoms with Crippen molar-refractivity contribution in [3.8, 4) is 22.8 Å². The van der Waals surface area contributed by atoms with E-state index in [2.05, 4.69) is 9.97 Å². The van der Waals surface area contributed by atoms with Gasteiger partial charge < -0.3 is 29.0 Å². The molecule has 3 aromatic rings. The van der Waals surface area contributed by atoms with Crippen LogP contribution in [0, 0.1) is 6.92 Å². The van der Waals surface area contributed by atoms with Crippen molar-refractivity contribution < 1.29 is 23.8 Å². The molecule has 0 radical (unpaired) electrons. The first-order chi connectivity index (χ1) is 19.4. The van der Waals surface area contributed by atoms with E-state index in [4.69, 9.17) is 25.8 Å². The number of hydrogen-bond acceptors (Lipinski definition) is 6. The first kappa shape index (κ1) is 28.8. The number of hydrogen-bond donors (Lipinski definition) is 1. The minimum atomic E-state index is -0.607. The molecule has 2 aliphatic rings. The molecule has 1 fully saturated rings. The molecule has 1 unspecified atom stereocenters. The molecule has 1 N–H and O–H groups in total. The smallest absolute Gasteiger partial charge is 0.410 e. The monoisotopic (exact) mass is 580 g/mol. The summed E-state index contributed by atoms with van der Waals surface area (Å²) in [4.78, 5) is 38.6. The van der Waals surface area contributed by atoms with Gasteiger partial charge in [-0.3, -0.25) is 4.79 Å². The SMILES string of the molecule is COc1cc(C)c(CN2CC3(CCCN(C(=O)OC(C)(C)C)C3)c3[nH]c(-c4ccnc(Cl)c4)cc3C2=O)c(OC)c1. The van der Waals surface area contributed by atoms with Gasteiger partial charge in [0.05, 0.1) is 19.8 Å². The first-order valence-electron chi connectivity index (χ1n) is 13.8. The molecule has 0 bridgehead atoms. The number of carbonyl (C=O) groups is 2. The molecular formula is C31H37ClN4O5. The lowest BCUT2D eigenvalue weighted by molar-refractivity contribution is 0.00820. The van der Waals surface area contributed by atoms with Gasteiger partial charge in [-0.25, -0.2) is 9.78 Å². The number of nitrogens with zero attached hydrogens (tertiary/aromatic N) is 3. The van der Waals surface area contributed by atoms with Gasteiger partial charge in [0.2, 0.25) is 0 Å². The number of aromatic nitrogens is 2. The van der Waals surface area contributed by atoms with Crippen molar-refractivity contribution in [1.29, 1.82) is 0 Å². The molecule has 218 valence electrons. The number of amides is 2. The second kappa shape index (κ2) is 10.9. The number of piperidine rings is 1. The van der Waals surface area contributed by atoms with Crippen LogP contribution in [0.1, 0.15) is 60.8 Å². The Balaban J connectivity index is 1.57. The predicted octanol–water partition coefficient (Wildman–Crippen LogP) is 5.98. The van der Waals surface area contributed by atoms with Crippen LogP contribution in [0.3, 0.4) is 0 Å². The Morgan fingerprint density at radius 2 is 1.93 bits per heavy atom. The zero-order valence-corrected chi connectivity index (χ0v) is 25.2. The summed E-state index contributed by atoms with van der Waals surface area (Å²) in [5.74, 6) is 1.27. The molecule has 2 aliphatic heterocycles. The van der Waals surface area contributed by atoms with E-state index in [1.54, 1.807) is 31.4 Å². The third-order valence-electron chi connectivity index (χ3n) is 7.84. The van der Waals surface area contributed by atoms with Crippen LogP contribution in [0.15, 0.2) is 36.5 Å². The highest BCUT2D eigenvalue weighted by Crippen LogP contribution is 2.43. The molecule has 9 nitrogen and oxygen atoms in total. The zero-order valence-electron chi connectivity index (χ0n) is 24.5. The van der Waals surface area contributed by atoms with Crippen LogP contribution in [-0.2, 0) is 16.7 Å². The highest BCUT2D eigenvalue weighted by molar-refractivity contribution is 6.29. The Hall–Kier alpha value is -3.72. The quantitative estimate of drug-likeness (QED) is 0.373. The van der Waals surface area contributed by atoms with Crippen LogP contribution >= 0.6 is 11.6 Å². The fraction of sp³-hybridized carbons (Fsp3) is 0.452. The van der Waals surface area contributed by atoms with Crippen molar-refractivity contribution in [1.82, 2.24) is 19.8 Å². The van der Waals surface area contributed by atoms with E-state index in [-0.39, 0.29) is 12.0 Å². The van der Waals surface area contributed by atoms with E-state index < -0.39 is 11.0 Å². The summed E-state index contributed by atoms with van der Waals surface area (Å²) in [6.07, 6.45) is 2.88. The Morgan fingerprint density at radius 1 is 1.15 bits per heavy atom. The topological polar surface area (TPSA) is 97.0 Å². The van der Waals surface area contributed by atoms with Gasteiger partial charge in [0.1, 0.15) is 22.3 Å². The van der Waals surface area contributed by atoms with Crippen molar-refractivity contribution in [2.75, 3.05) is 33.9 Å². The van der Waals surface area contributed by atoms with Crippen LogP contribution in [0.2, 0.25) is 5.15 Å². The lowest BCUT2D eigenvalue weighted by Crippen LogP contribution is -2.58. The lowest BCUT2D eigenvalue weighted by atomic mass is 9.73. The number of methoxy groups -OCH3 is 2. The van der Waals surface area contributed by atoms with Crippen LogP contribution in [0.5, 0.6) is 11.5 Å². The number of fused-ring (bicyclic) bond motifs is 2. The maximum atomic E-state index is 14.1. The molecule has 4 heterocycles. The molecule has 0 saturated carbocycles. The van der Waals surface area contributed by atoms with Gasteiger partial charge in [-0.2, -0.15) is 0 Å². The number of H-pyrrole nitrogens is 1. The predicted molar refractivity (Wildman–Crippen MR) is 157 cm³/mol. The number of aryl methyl sites for hydroxylation is 1. The van der Waals surface area contributed by atoms with Gasteiger partial charge in [-0.1, -0.05) is 11.6 Å². The van der Waals surface area contributed by atoms with Gasteiger partial charge in [-0.05, 0) is 70.4 Å². The molecule has 1 saturated heterocycles. The van der Waals surface area contributed by atoms with E-state index >= 15 is 0 Å². The number of rotatable bonds is 5. The van der Waals surface area contributed by atoms with Crippen LogP contribution in [-0.4, -0.2) is 71.2 Å². The lowest BCUT2D eigenvalue weighted by Gasteiger charge is -2.48. The number of halogens is 1. The van der Waals surface area contributed by atoms with E-state index in [9.17, 15) is 9.59 Å². The number of carbonyl (C=O) groups excluding carboxylic acids is 2. The molecule has 5 rings (SSSR count). The molecule has 1 atom stereocenters. The Morgan fingerprint density at radius 3 is 2.61 bits per heavy atom. The van der Waals surface area contributed by atoms with Gasteiger partial charge in [0.25, 0.3) is 5.91 Å². The average molecular weight is 581 g/mol. The van der Waals surface area contributed by atoms with E-state index in [1.165, 1.54) is 0 Å². The fourth-order valence-corrected chi connectivity index (χ4v) is 6.15. The van der Waals surface area contributed by atoms with Crippen LogP contribution in [0.4, 0.5) is 4.79 Å². The third-order valence-corrected chi connectivity index (χ3v) is 8.04. The van der Waals surface area contributed by atoms with E-state index in [0.29, 0.717) is 48.4 Å². The highest BCUT2D eigenvalue weighted by Gasteiger charge is 2.48. The number of nitrogens with one attached hydrogen (secondary N) is 1. The number of aromatic amines is 1. The normalized spacial score (nSPS) is 18.9. The van der Waals surface area contributed by atoms with Gasteiger partial charge in [-0.15, -0.1) is 0 Å². The van der Waals surface area contributed by atoms with Gasteiger partial charge in [0, 0.05) is 66.4 Å². The standard InChI is InChI=1S/C31H37ClN4O5/c1-19-12-21(39-5)14-25(40-6)23(19)16-36-18-31(9-7-11-35(17-31)29(38)41-30(2,3)4)27-22(28(36)37)15-24(34-27)20-8-10-33-26(32)13-20/h8,10,12-15,34H,7,9,11,16-18H2,1-6H3. The first-order valence-corrected chi connectivity index (χ1v) is 14.1. The molecule has 2 amide bonds. The Kier molecular flexibility index (Phi) is 7.68. The summed E-state index contributed by atoms with van der Waals surface area (Å²) in [5, 5.41) is 0.369. The molecule has 2 aromatic heterocycles. The molecular weight excluding hydrogens is 544 g/mol. The van der Waals surface area contributed by atoms with Crippen molar-refractivity contribution in [2.24, 2.45) is 0 Å². The van der Waals surface area contributed by atoms with Crippen molar-refractivity contribution in [3.05, 3.63) is 64.1 Å². The maximum absolute atomic E-state index is 14.1. The van der Waals surface area contributed by atoms with Gasteiger partial charge >= 0.3 is 6.09 Å². The molecule has 1 spiro atoms. The minimum Gasteiger partial charge on any atom is -0.497 e. The number of ether oxygens (including phenoxy) is 3. The fourth-order valence-electron chi connectivity index (χ4n) is 5.97. The van der Waals surface area contributed by atoms with Crippen LogP contribution < -0.4 is 9.47 Å². The third kappa shape index (κ3) is 5.73. The zero-order chi connectivity index (χ0) is 29.5. The molecule has 0 aliphatic carbocycles. The van der Waals surface area contributed by atoms with E-state index in [0.717, 1.165) is 40.9 Å². The highest BCUT2D eigenvalue weighted by atomic mass is 35.5. The van der Waals surface area contributed by atoms with Crippen molar-refractivity contribution in [2.45, 2.75) is 58.1 Å². The maximum Gasteiger partial charge on any atom is 0.410 e. The summed E-state index contributed by atoms with van der Waals surface area (Å²) in [6.45, 7) is 9.40. The molecule has 10 heteroatoms. The van der Waals surface area contributed by atoms with Crippen molar-refractivity contribution in [3.63, 3.8) is 0 Å². The van der Waals surface area contributed by atoms with E-state index in [1.807, 2.05) is 56.9 Å². The van der Waals surface area contributed by atoms with Gasteiger partial charge in [0.15, 0.2) is 0 Å². The molecule has 41 heavy (non-hydrogen) atoms. The average Bonchev–Trinajstić information content (AvgIpc) is 3.39. The number of likely N-dealkylation sites (tertiary alicyclic amines) is 1. The number of pyridine rings is 1. The second-order valence-corrected chi connectivity index (χ2v) is 12.3. The molecule has 1 aromatic carbocycles. The van der Waals surface area contributed by atoms with Crippen LogP contribution in [0.25, 0.3) is 11.3 Å². The summed E-state index contributed by atoms with van der Waals surface area (Å²) in [6, 6.07) is 9.30. The minimum absolute atomic E-state index is 0.0834.